The number of nitrogens with zero attached hydrogens (tertiary/aromatic N) is 1. The van der Waals surface area contributed by atoms with Gasteiger partial charge in [-0.25, -0.2) is 4.98 Å². The maximum atomic E-state index is 12.8. The Balaban J connectivity index is 1.57. The van der Waals surface area contributed by atoms with Crippen LogP contribution in [0, 0.1) is 25.7 Å². The quantitative estimate of drug-likeness (QED) is 0.896. The number of carbonyl (C=O) groups excluding carboxylic acids is 1. The van der Waals surface area contributed by atoms with E-state index in [2.05, 4.69) is 40.6 Å². The highest BCUT2D eigenvalue weighted by Crippen LogP contribution is 2.54. The minimum atomic E-state index is 0.0630. The summed E-state index contributed by atoms with van der Waals surface area (Å²) in [5.41, 5.74) is 2.23. The third kappa shape index (κ3) is 2.67. The van der Waals surface area contributed by atoms with E-state index < -0.39 is 0 Å². The number of benzene rings is 1. The molecule has 126 valence electrons. The van der Waals surface area contributed by atoms with Crippen LogP contribution in [0.25, 0.3) is 0 Å². The fourth-order valence-electron chi connectivity index (χ4n) is 4.75. The molecule has 4 rings (SSSR count). The molecule has 0 unspecified atom stereocenters. The van der Waals surface area contributed by atoms with Gasteiger partial charge in [-0.3, -0.25) is 4.79 Å². The summed E-state index contributed by atoms with van der Waals surface area (Å²) in [6.45, 7) is 3.89. The molecule has 4 heteroatoms. The molecule has 4 atom stereocenters. The third-order valence-electron chi connectivity index (χ3n) is 5.78. The maximum absolute atomic E-state index is 12.8. The molecule has 1 N–H and O–H groups in total. The van der Waals surface area contributed by atoms with Gasteiger partial charge >= 0.3 is 0 Å². The first-order valence-corrected chi connectivity index (χ1v) is 9.76. The van der Waals surface area contributed by atoms with Gasteiger partial charge in [0, 0.05) is 12.0 Å². The van der Waals surface area contributed by atoms with E-state index in [0.29, 0.717) is 11.8 Å². The van der Waals surface area contributed by atoms with Crippen LogP contribution in [0.2, 0.25) is 0 Å². The lowest BCUT2D eigenvalue weighted by Gasteiger charge is -2.55. The van der Waals surface area contributed by atoms with Crippen LogP contribution >= 0.6 is 11.3 Å². The Hall–Kier alpha value is -1.68. The molecular weight excluding hydrogens is 316 g/mol. The summed E-state index contributed by atoms with van der Waals surface area (Å²) in [6, 6.07) is 11.0. The van der Waals surface area contributed by atoms with Gasteiger partial charge in [-0.05, 0) is 44.1 Å². The Labute approximate surface area is 147 Å². The van der Waals surface area contributed by atoms with Gasteiger partial charge in [0.15, 0.2) is 0 Å². The Morgan fingerprint density at radius 3 is 2.50 bits per heavy atom. The minimum absolute atomic E-state index is 0.0630. The van der Waals surface area contributed by atoms with Gasteiger partial charge in [-0.1, -0.05) is 43.2 Å². The van der Waals surface area contributed by atoms with Crippen LogP contribution in [0.1, 0.15) is 57.5 Å². The molecule has 1 aromatic carbocycles. The first-order valence-electron chi connectivity index (χ1n) is 8.95. The first kappa shape index (κ1) is 15.8. The number of aryl methyl sites for hydroxylation is 2. The highest BCUT2D eigenvalue weighted by atomic mass is 32.1. The van der Waals surface area contributed by atoms with E-state index in [1.807, 2.05) is 13.8 Å². The summed E-state index contributed by atoms with van der Waals surface area (Å²) in [5.74, 6) is 1.90. The Kier molecular flexibility index (Phi) is 4.17. The van der Waals surface area contributed by atoms with Crippen molar-refractivity contribution < 1.29 is 4.79 Å². The molecule has 2 aromatic rings. The molecule has 0 spiro atoms. The van der Waals surface area contributed by atoms with Crippen LogP contribution in [-0.4, -0.2) is 16.9 Å². The highest BCUT2D eigenvalue weighted by molar-refractivity contribution is 7.13. The van der Waals surface area contributed by atoms with E-state index in [1.54, 1.807) is 0 Å². The zero-order valence-corrected chi connectivity index (χ0v) is 15.1. The summed E-state index contributed by atoms with van der Waals surface area (Å²) in [4.78, 5) is 18.0. The summed E-state index contributed by atoms with van der Waals surface area (Å²) >= 11 is 1.50. The second-order valence-corrected chi connectivity index (χ2v) is 8.40. The number of amides is 1. The number of rotatable bonds is 3. The van der Waals surface area contributed by atoms with Gasteiger partial charge in [-0.15, -0.1) is 11.3 Å². The number of aromatic nitrogens is 1. The van der Waals surface area contributed by atoms with E-state index in [9.17, 15) is 4.79 Å². The van der Waals surface area contributed by atoms with Gasteiger partial charge in [0.05, 0.1) is 10.7 Å². The predicted octanol–water partition coefficient (Wildman–Crippen LogP) is 4.46. The zero-order valence-electron chi connectivity index (χ0n) is 14.3. The van der Waals surface area contributed by atoms with Gasteiger partial charge in [-0.2, -0.15) is 0 Å². The van der Waals surface area contributed by atoms with Crippen molar-refractivity contribution in [3.05, 3.63) is 51.5 Å². The van der Waals surface area contributed by atoms with Crippen molar-refractivity contribution in [3.8, 4) is 0 Å². The fraction of sp³-hybridized carbons (Fsp3) is 0.500. The van der Waals surface area contributed by atoms with E-state index in [1.165, 1.54) is 42.6 Å². The lowest BCUT2D eigenvalue weighted by molar-refractivity contribution is 0.0253. The Morgan fingerprint density at radius 2 is 1.83 bits per heavy atom. The number of nitrogens with one attached hydrogen (secondary N) is 1. The maximum Gasteiger partial charge on any atom is 0.263 e. The molecule has 3 nitrogen and oxygen atoms in total. The summed E-state index contributed by atoms with van der Waals surface area (Å²) in [6.07, 6.45) is 5.18. The van der Waals surface area contributed by atoms with Crippen LogP contribution in [0.3, 0.4) is 0 Å². The molecule has 1 aromatic heterocycles. The molecule has 24 heavy (non-hydrogen) atoms. The smallest absolute Gasteiger partial charge is 0.263 e. The highest BCUT2D eigenvalue weighted by Gasteiger charge is 2.51. The van der Waals surface area contributed by atoms with Crippen molar-refractivity contribution in [2.24, 2.45) is 11.8 Å². The first-order chi connectivity index (χ1) is 11.6. The Bertz CT molecular complexity index is 739. The lowest BCUT2D eigenvalue weighted by atomic mass is 9.53. The number of carbonyl (C=O) groups is 1. The normalized spacial score (nSPS) is 28.8. The van der Waals surface area contributed by atoms with Crippen molar-refractivity contribution in [2.45, 2.75) is 51.5 Å². The van der Waals surface area contributed by atoms with Crippen molar-refractivity contribution in [3.63, 3.8) is 0 Å². The zero-order chi connectivity index (χ0) is 16.7. The van der Waals surface area contributed by atoms with Gasteiger partial charge in [0.1, 0.15) is 4.88 Å². The van der Waals surface area contributed by atoms with Crippen molar-refractivity contribution >= 4 is 17.2 Å². The van der Waals surface area contributed by atoms with Crippen LogP contribution in [0.4, 0.5) is 0 Å². The molecule has 1 amide bonds. The number of hydrogen-bond acceptors (Lipinski definition) is 3. The van der Waals surface area contributed by atoms with Crippen LogP contribution < -0.4 is 5.32 Å². The van der Waals surface area contributed by atoms with Crippen molar-refractivity contribution in [1.29, 1.82) is 0 Å². The molecular formula is C20H24N2OS. The summed E-state index contributed by atoms with van der Waals surface area (Å²) in [5, 5.41) is 4.33. The van der Waals surface area contributed by atoms with Crippen molar-refractivity contribution in [1.82, 2.24) is 10.3 Å². The Morgan fingerprint density at radius 1 is 1.12 bits per heavy atom. The molecule has 0 saturated heterocycles. The molecule has 0 radical (unpaired) electrons. The van der Waals surface area contributed by atoms with Crippen molar-refractivity contribution in [2.75, 3.05) is 0 Å². The topological polar surface area (TPSA) is 42.0 Å². The second kappa shape index (κ2) is 6.32. The fourth-order valence-corrected chi connectivity index (χ4v) is 5.58. The second-order valence-electron chi connectivity index (χ2n) is 7.20. The molecule has 2 aliphatic carbocycles. The van der Waals surface area contributed by atoms with Gasteiger partial charge < -0.3 is 5.32 Å². The van der Waals surface area contributed by atoms with E-state index in [0.717, 1.165) is 21.5 Å². The average Bonchev–Trinajstić information content (AvgIpc) is 2.92. The number of thiazole rings is 1. The molecule has 1 heterocycles. The predicted molar refractivity (Wildman–Crippen MR) is 97.5 cm³/mol. The van der Waals surface area contributed by atoms with Crippen LogP contribution in [0.5, 0.6) is 0 Å². The third-order valence-corrected chi connectivity index (χ3v) is 6.85. The van der Waals surface area contributed by atoms with E-state index in [4.69, 9.17) is 0 Å². The average molecular weight is 340 g/mol. The largest absolute Gasteiger partial charge is 0.348 e. The molecule has 0 bridgehead atoms. The summed E-state index contributed by atoms with van der Waals surface area (Å²) in [7, 11) is 0. The molecule has 2 fully saturated rings. The molecule has 2 saturated carbocycles. The van der Waals surface area contributed by atoms with E-state index >= 15 is 0 Å². The van der Waals surface area contributed by atoms with E-state index in [-0.39, 0.29) is 11.9 Å². The van der Waals surface area contributed by atoms with Gasteiger partial charge in [0.25, 0.3) is 5.91 Å². The van der Waals surface area contributed by atoms with Crippen LogP contribution in [0.15, 0.2) is 30.3 Å². The standard InChI is InChI=1S/C20H24N2OS/c1-12-19(24-13(2)21-12)20(23)22-18-16-11-7-6-10-15(16)17(18)14-8-4-3-5-9-14/h3-5,8-9,15-18H,6-7,10-11H2,1-2H3,(H,22,23)/t15-,16-,17-,18-/m0/s1. The number of hydrogen-bond donors (Lipinski definition) is 1. The lowest BCUT2D eigenvalue weighted by Crippen LogP contribution is -2.59. The van der Waals surface area contributed by atoms with Crippen LogP contribution in [-0.2, 0) is 0 Å². The monoisotopic (exact) mass is 340 g/mol. The summed E-state index contributed by atoms with van der Waals surface area (Å²) < 4.78 is 0. The number of fused-ring (bicyclic) bond motifs is 1. The molecule has 2 aliphatic rings. The minimum Gasteiger partial charge on any atom is -0.348 e. The van der Waals surface area contributed by atoms with Gasteiger partial charge in [0.2, 0.25) is 0 Å². The molecule has 0 aliphatic heterocycles. The SMILES string of the molecule is Cc1nc(C)c(C(=O)N[C@H]2[C@H]3CCCC[C@@H]3[C@@H]2c2ccccc2)s1.